The zero-order chi connectivity index (χ0) is 20.7. The van der Waals surface area contributed by atoms with Crippen LogP contribution in [0.2, 0.25) is 5.02 Å². The van der Waals surface area contributed by atoms with E-state index in [2.05, 4.69) is 25.8 Å². The van der Waals surface area contributed by atoms with Crippen LogP contribution in [0.3, 0.4) is 0 Å². The fourth-order valence-electron chi connectivity index (χ4n) is 3.32. The molecule has 3 heterocycles. The van der Waals surface area contributed by atoms with Crippen LogP contribution in [0.1, 0.15) is 21.7 Å². The molecule has 0 saturated carbocycles. The van der Waals surface area contributed by atoms with Gasteiger partial charge in [-0.25, -0.2) is 4.68 Å². The van der Waals surface area contributed by atoms with E-state index in [1.165, 1.54) is 6.08 Å². The summed E-state index contributed by atoms with van der Waals surface area (Å²) in [5.74, 6) is -0.258. The van der Waals surface area contributed by atoms with E-state index in [0.29, 0.717) is 16.4 Å². The van der Waals surface area contributed by atoms with Crippen LogP contribution in [0.4, 0.5) is 0 Å². The highest BCUT2D eigenvalue weighted by Gasteiger charge is 2.16. The molecule has 0 saturated heterocycles. The van der Waals surface area contributed by atoms with E-state index in [-0.39, 0.29) is 11.5 Å². The lowest BCUT2D eigenvalue weighted by molar-refractivity contribution is 0.104. The Labute approximate surface area is 175 Å². The number of tetrazole rings is 1. The maximum Gasteiger partial charge on any atom is 0.208 e. The van der Waals surface area contributed by atoms with Gasteiger partial charge in [0.05, 0.1) is 16.9 Å². The van der Waals surface area contributed by atoms with Crippen molar-refractivity contribution < 1.29 is 4.79 Å². The van der Waals surface area contributed by atoms with Crippen molar-refractivity contribution in [1.29, 1.82) is 0 Å². The molecule has 0 amide bonds. The normalized spacial score (nSPS) is 11.7. The highest BCUT2D eigenvalue weighted by atomic mass is 35.5. The Morgan fingerprint density at radius 1 is 1.03 bits per heavy atom. The summed E-state index contributed by atoms with van der Waals surface area (Å²) in [6.45, 7) is 1.80. The summed E-state index contributed by atoms with van der Waals surface area (Å²) >= 11 is 5.94. The summed E-state index contributed by atoms with van der Waals surface area (Å²) in [5, 5.41) is 21.7. The molecule has 3 aromatic heterocycles. The lowest BCUT2D eigenvalue weighted by Crippen LogP contribution is -2.02. The molecule has 2 aromatic carbocycles. The van der Waals surface area contributed by atoms with Crippen molar-refractivity contribution in [1.82, 2.24) is 35.0 Å². The number of fused-ring (bicyclic) bond motifs is 3. The van der Waals surface area contributed by atoms with Crippen LogP contribution in [0.25, 0.3) is 28.3 Å². The number of nitrogens with zero attached hydrogens (tertiary/aromatic N) is 7. The van der Waals surface area contributed by atoms with Crippen molar-refractivity contribution in [2.24, 2.45) is 0 Å². The van der Waals surface area contributed by atoms with Crippen molar-refractivity contribution in [3.05, 3.63) is 82.6 Å². The summed E-state index contributed by atoms with van der Waals surface area (Å²) in [6.07, 6.45) is 3.16. The zero-order valence-corrected chi connectivity index (χ0v) is 16.5. The molecule has 5 rings (SSSR count). The predicted octanol–water partition coefficient (Wildman–Crippen LogP) is 3.72. The van der Waals surface area contributed by atoms with Crippen molar-refractivity contribution in [2.75, 3.05) is 0 Å². The molecule has 0 N–H and O–H groups in total. The maximum atomic E-state index is 12.8. The van der Waals surface area contributed by atoms with Gasteiger partial charge >= 0.3 is 0 Å². The molecule has 0 aliphatic heterocycles. The number of allylic oxidation sites excluding steroid dienone is 1. The van der Waals surface area contributed by atoms with E-state index >= 15 is 0 Å². The van der Waals surface area contributed by atoms with Gasteiger partial charge in [0, 0.05) is 16.0 Å². The van der Waals surface area contributed by atoms with E-state index in [0.717, 1.165) is 22.2 Å². The number of halogens is 1. The number of carbonyl (C=O) groups is 1. The van der Waals surface area contributed by atoms with E-state index in [1.807, 2.05) is 42.5 Å². The number of pyridine rings is 1. The molecule has 0 radical (unpaired) electrons. The van der Waals surface area contributed by atoms with Gasteiger partial charge in [0.1, 0.15) is 0 Å². The lowest BCUT2D eigenvalue weighted by Gasteiger charge is -2.03. The molecule has 30 heavy (non-hydrogen) atoms. The minimum absolute atomic E-state index is 0.258. The van der Waals surface area contributed by atoms with Gasteiger partial charge in [-0.1, -0.05) is 35.0 Å². The monoisotopic (exact) mass is 415 g/mol. The summed E-state index contributed by atoms with van der Waals surface area (Å²) in [6, 6.07) is 16.9. The molecule has 5 aromatic rings. The van der Waals surface area contributed by atoms with Gasteiger partial charge in [0.2, 0.25) is 5.78 Å². The molecule has 9 heteroatoms. The third-order valence-electron chi connectivity index (χ3n) is 4.82. The van der Waals surface area contributed by atoms with Crippen LogP contribution in [-0.2, 0) is 0 Å². The number of benzene rings is 2. The van der Waals surface area contributed by atoms with Gasteiger partial charge in [0.25, 0.3) is 0 Å². The van der Waals surface area contributed by atoms with Gasteiger partial charge in [-0.3, -0.25) is 4.79 Å². The van der Waals surface area contributed by atoms with Crippen LogP contribution in [0.5, 0.6) is 0 Å². The van der Waals surface area contributed by atoms with E-state index in [1.54, 1.807) is 34.3 Å². The van der Waals surface area contributed by atoms with Crippen LogP contribution in [-0.4, -0.2) is 40.8 Å². The summed E-state index contributed by atoms with van der Waals surface area (Å²) in [4.78, 5) is 12.8. The fraction of sp³-hybridized carbons (Fsp3) is 0.0476. The molecule has 0 aliphatic rings. The third-order valence-corrected chi connectivity index (χ3v) is 5.07. The Kier molecular flexibility index (Phi) is 4.33. The summed E-state index contributed by atoms with van der Waals surface area (Å²) in [5.41, 5.74) is 3.88. The predicted molar refractivity (Wildman–Crippen MR) is 113 cm³/mol. The molecular weight excluding hydrogens is 402 g/mol. The molecule has 8 nitrogen and oxygen atoms in total. The van der Waals surface area contributed by atoms with Crippen LogP contribution >= 0.6 is 11.6 Å². The Hall–Kier alpha value is -3.91. The lowest BCUT2D eigenvalue weighted by atomic mass is 10.1. The van der Waals surface area contributed by atoms with E-state index in [9.17, 15) is 4.79 Å². The molecule has 0 unspecified atom stereocenters. The minimum Gasteiger partial charge on any atom is -0.287 e. The molecular formula is C21H14ClN7O. The highest BCUT2D eigenvalue weighted by molar-refractivity contribution is 6.30. The molecule has 146 valence electrons. The van der Waals surface area contributed by atoms with Crippen molar-refractivity contribution in [3.63, 3.8) is 0 Å². The first kappa shape index (κ1) is 18.1. The average molecular weight is 416 g/mol. The largest absolute Gasteiger partial charge is 0.287 e. The Bertz CT molecular complexity index is 1430. The average Bonchev–Trinajstić information content (AvgIpc) is 3.40. The second-order valence-electron chi connectivity index (χ2n) is 6.68. The topological polar surface area (TPSA) is 90.9 Å². The zero-order valence-electron chi connectivity index (χ0n) is 15.8. The van der Waals surface area contributed by atoms with E-state index in [4.69, 9.17) is 11.6 Å². The highest BCUT2D eigenvalue weighted by Crippen LogP contribution is 2.21. The first-order valence-corrected chi connectivity index (χ1v) is 9.50. The number of para-hydroxylation sites is 1. The van der Waals surface area contributed by atoms with Crippen LogP contribution in [0.15, 0.2) is 60.7 Å². The molecule has 0 bridgehead atoms. The van der Waals surface area contributed by atoms with Crippen molar-refractivity contribution in [2.45, 2.75) is 6.92 Å². The fourth-order valence-corrected chi connectivity index (χ4v) is 3.44. The van der Waals surface area contributed by atoms with Crippen LogP contribution in [0, 0.1) is 6.92 Å². The number of ketones is 1. The Morgan fingerprint density at radius 3 is 2.67 bits per heavy atom. The number of hydrogen-bond acceptors (Lipinski definition) is 6. The van der Waals surface area contributed by atoms with Gasteiger partial charge in [0.15, 0.2) is 11.3 Å². The third kappa shape index (κ3) is 3.03. The molecule has 0 fully saturated rings. The summed E-state index contributed by atoms with van der Waals surface area (Å²) < 4.78 is 3.26. The Morgan fingerprint density at radius 2 is 1.83 bits per heavy atom. The SMILES string of the molecule is Cc1c(C(=O)/C=C/c2cc3ccccc3n3nnnc23)nnn1-c1ccc(Cl)cc1. The molecule has 0 atom stereocenters. The van der Waals surface area contributed by atoms with E-state index < -0.39 is 0 Å². The van der Waals surface area contributed by atoms with Crippen LogP contribution < -0.4 is 0 Å². The maximum absolute atomic E-state index is 12.8. The number of aromatic nitrogens is 7. The van der Waals surface area contributed by atoms with Gasteiger partial charge in [-0.05, 0) is 65.9 Å². The second kappa shape index (κ2) is 7.16. The van der Waals surface area contributed by atoms with Crippen molar-refractivity contribution in [3.8, 4) is 5.69 Å². The van der Waals surface area contributed by atoms with Crippen molar-refractivity contribution >= 4 is 40.0 Å². The first-order chi connectivity index (χ1) is 14.6. The van der Waals surface area contributed by atoms with Gasteiger partial charge < -0.3 is 0 Å². The standard InChI is InChI=1S/C21H14ClN7O/c1-13-20(23-26-28(13)17-9-7-16(22)8-10-17)19(30)11-6-15-12-14-4-2-3-5-18(14)29-21(15)24-25-27-29/h2-12H,1H3/b11-6+. The number of rotatable bonds is 4. The smallest absolute Gasteiger partial charge is 0.208 e. The Balaban J connectivity index is 1.50. The quantitative estimate of drug-likeness (QED) is 0.328. The second-order valence-corrected chi connectivity index (χ2v) is 7.12. The number of carbonyl (C=O) groups excluding carboxylic acids is 1. The first-order valence-electron chi connectivity index (χ1n) is 9.12. The van der Waals surface area contributed by atoms with Gasteiger partial charge in [-0.15, -0.1) is 10.2 Å². The van der Waals surface area contributed by atoms with Gasteiger partial charge in [-0.2, -0.15) is 4.52 Å². The molecule has 0 aliphatic carbocycles. The number of hydrogen-bond donors (Lipinski definition) is 0. The minimum atomic E-state index is -0.258. The summed E-state index contributed by atoms with van der Waals surface area (Å²) in [7, 11) is 0. The molecule has 0 spiro atoms.